The topological polar surface area (TPSA) is 81.8 Å². The number of fused-ring (bicyclic) bond motifs is 1. The lowest BCUT2D eigenvalue weighted by atomic mass is 10.3. The van der Waals surface area contributed by atoms with Crippen LogP contribution in [0, 0.1) is 0 Å². The molecule has 2 aromatic rings. The molecule has 2 aromatic heterocycles. The maximum atomic E-state index is 4.55. The van der Waals surface area contributed by atoms with Gasteiger partial charge in [0.15, 0.2) is 5.65 Å². The van der Waals surface area contributed by atoms with E-state index in [0.717, 1.165) is 36.4 Å². The molecule has 0 radical (unpaired) electrons. The Morgan fingerprint density at radius 1 is 1.35 bits per heavy atom. The first kappa shape index (κ1) is 14.5. The molecule has 1 unspecified atom stereocenters. The van der Waals surface area contributed by atoms with Crippen LogP contribution in [0.1, 0.15) is 20.3 Å². The molecule has 0 bridgehead atoms. The Balaban J connectivity index is 2.22. The van der Waals surface area contributed by atoms with E-state index in [4.69, 9.17) is 0 Å². The summed E-state index contributed by atoms with van der Waals surface area (Å²) >= 11 is 0. The first-order chi connectivity index (χ1) is 9.60. The van der Waals surface area contributed by atoms with Crippen LogP contribution < -0.4 is 10.6 Å². The van der Waals surface area contributed by atoms with E-state index in [-0.39, 0.29) is 6.04 Å². The van der Waals surface area contributed by atoms with Crippen LogP contribution in [-0.2, 0) is 0 Å². The summed E-state index contributed by atoms with van der Waals surface area (Å²) in [7, 11) is 4.11. The largest absolute Gasteiger partial charge is 0.366 e. The summed E-state index contributed by atoms with van der Waals surface area (Å²) in [6.45, 7) is 6.03. The van der Waals surface area contributed by atoms with Gasteiger partial charge >= 0.3 is 0 Å². The van der Waals surface area contributed by atoms with Gasteiger partial charge in [-0.1, -0.05) is 6.92 Å². The first-order valence-electron chi connectivity index (χ1n) is 6.96. The average molecular weight is 277 g/mol. The van der Waals surface area contributed by atoms with Gasteiger partial charge < -0.3 is 15.5 Å². The number of H-pyrrole nitrogens is 1. The van der Waals surface area contributed by atoms with Gasteiger partial charge in [-0.3, -0.25) is 5.10 Å². The molecule has 0 saturated heterocycles. The van der Waals surface area contributed by atoms with E-state index in [9.17, 15) is 0 Å². The Bertz CT molecular complexity index is 549. The van der Waals surface area contributed by atoms with Crippen molar-refractivity contribution in [1.82, 2.24) is 25.1 Å². The fourth-order valence-electron chi connectivity index (χ4n) is 2.09. The second-order valence-electron chi connectivity index (χ2n) is 5.26. The number of rotatable bonds is 7. The van der Waals surface area contributed by atoms with Crippen LogP contribution in [-0.4, -0.2) is 58.3 Å². The van der Waals surface area contributed by atoms with Gasteiger partial charge in [0.2, 0.25) is 5.95 Å². The highest BCUT2D eigenvalue weighted by Gasteiger charge is 2.12. The van der Waals surface area contributed by atoms with Crippen molar-refractivity contribution in [2.24, 2.45) is 0 Å². The summed E-state index contributed by atoms with van der Waals surface area (Å²) in [5.74, 6) is 1.44. The van der Waals surface area contributed by atoms with Crippen LogP contribution >= 0.6 is 0 Å². The lowest BCUT2D eigenvalue weighted by molar-refractivity contribution is 0.392. The number of anilines is 2. The molecule has 20 heavy (non-hydrogen) atoms. The van der Waals surface area contributed by atoms with E-state index in [1.807, 2.05) is 0 Å². The zero-order valence-corrected chi connectivity index (χ0v) is 12.6. The molecule has 7 heteroatoms. The van der Waals surface area contributed by atoms with E-state index >= 15 is 0 Å². The predicted molar refractivity (Wildman–Crippen MR) is 82.1 cm³/mol. The smallest absolute Gasteiger partial charge is 0.226 e. The van der Waals surface area contributed by atoms with Crippen molar-refractivity contribution in [3.8, 4) is 0 Å². The van der Waals surface area contributed by atoms with E-state index in [1.54, 1.807) is 6.20 Å². The van der Waals surface area contributed by atoms with Crippen LogP contribution in [0.5, 0.6) is 0 Å². The first-order valence-corrected chi connectivity index (χ1v) is 6.96. The molecule has 3 N–H and O–H groups in total. The molecular weight excluding hydrogens is 254 g/mol. The number of hydrogen-bond donors (Lipinski definition) is 3. The third-order valence-corrected chi connectivity index (χ3v) is 2.86. The van der Waals surface area contributed by atoms with E-state index in [0.29, 0.717) is 5.95 Å². The molecular formula is C13H23N7. The van der Waals surface area contributed by atoms with Crippen molar-refractivity contribution in [2.45, 2.75) is 26.3 Å². The van der Waals surface area contributed by atoms with Gasteiger partial charge in [-0.25, -0.2) is 0 Å². The SMILES string of the molecule is CCCNc1nc(NC(C)CN(C)C)c2cn[nH]c2n1. The minimum atomic E-state index is 0.289. The summed E-state index contributed by atoms with van der Waals surface area (Å²) in [6.07, 6.45) is 2.79. The highest BCUT2D eigenvalue weighted by Crippen LogP contribution is 2.20. The standard InChI is InChI=1S/C13H23N7/c1-5-6-14-13-17-11(16-9(2)8-20(3)4)10-7-15-19-12(10)18-13/h7,9H,5-6,8H2,1-4H3,(H3,14,15,16,17,18,19). The number of hydrogen-bond acceptors (Lipinski definition) is 6. The second-order valence-corrected chi connectivity index (χ2v) is 5.26. The summed E-state index contributed by atoms with van der Waals surface area (Å²) in [6, 6.07) is 0.289. The zero-order chi connectivity index (χ0) is 14.5. The fourth-order valence-corrected chi connectivity index (χ4v) is 2.09. The lowest BCUT2D eigenvalue weighted by Gasteiger charge is -2.19. The molecule has 0 aromatic carbocycles. The third-order valence-electron chi connectivity index (χ3n) is 2.86. The van der Waals surface area contributed by atoms with E-state index in [2.05, 4.69) is 63.6 Å². The van der Waals surface area contributed by atoms with Crippen LogP contribution in [0.2, 0.25) is 0 Å². The minimum absolute atomic E-state index is 0.289. The minimum Gasteiger partial charge on any atom is -0.366 e. The fraction of sp³-hybridized carbons (Fsp3) is 0.615. The maximum Gasteiger partial charge on any atom is 0.226 e. The average Bonchev–Trinajstić information content (AvgIpc) is 2.83. The van der Waals surface area contributed by atoms with Gasteiger partial charge in [0.25, 0.3) is 0 Å². The van der Waals surface area contributed by atoms with Crippen molar-refractivity contribution < 1.29 is 0 Å². The van der Waals surface area contributed by atoms with Gasteiger partial charge in [0.1, 0.15) is 5.82 Å². The molecule has 2 rings (SSSR count). The summed E-state index contributed by atoms with van der Waals surface area (Å²) in [5, 5.41) is 14.5. The van der Waals surface area contributed by atoms with Crippen LogP contribution in [0.25, 0.3) is 11.0 Å². The van der Waals surface area contributed by atoms with Gasteiger partial charge in [0, 0.05) is 19.1 Å². The Kier molecular flexibility index (Phi) is 4.73. The molecule has 0 spiro atoms. The van der Waals surface area contributed by atoms with E-state index < -0.39 is 0 Å². The predicted octanol–water partition coefficient (Wildman–Crippen LogP) is 1.54. The highest BCUT2D eigenvalue weighted by molar-refractivity contribution is 5.87. The van der Waals surface area contributed by atoms with Crippen molar-refractivity contribution in [1.29, 1.82) is 0 Å². The lowest BCUT2D eigenvalue weighted by Crippen LogP contribution is -2.30. The molecule has 0 amide bonds. The van der Waals surface area contributed by atoms with Crippen LogP contribution in [0.15, 0.2) is 6.20 Å². The molecule has 1 atom stereocenters. The zero-order valence-electron chi connectivity index (χ0n) is 12.6. The normalized spacial score (nSPS) is 12.8. The molecule has 0 fully saturated rings. The van der Waals surface area contributed by atoms with Crippen molar-refractivity contribution >= 4 is 22.8 Å². The Morgan fingerprint density at radius 3 is 2.85 bits per heavy atom. The molecule has 110 valence electrons. The van der Waals surface area contributed by atoms with E-state index in [1.165, 1.54) is 0 Å². The number of aromatic nitrogens is 4. The Morgan fingerprint density at radius 2 is 2.15 bits per heavy atom. The van der Waals surface area contributed by atoms with Crippen molar-refractivity contribution in [3.05, 3.63) is 6.20 Å². The molecule has 0 aliphatic rings. The van der Waals surface area contributed by atoms with Crippen LogP contribution in [0.4, 0.5) is 11.8 Å². The highest BCUT2D eigenvalue weighted by atomic mass is 15.2. The van der Waals surface area contributed by atoms with Gasteiger partial charge in [0.05, 0.1) is 11.6 Å². The number of nitrogens with zero attached hydrogens (tertiary/aromatic N) is 4. The van der Waals surface area contributed by atoms with Crippen molar-refractivity contribution in [3.63, 3.8) is 0 Å². The van der Waals surface area contributed by atoms with Gasteiger partial charge in [-0.15, -0.1) is 0 Å². The molecule has 7 nitrogen and oxygen atoms in total. The molecule has 0 aliphatic heterocycles. The second kappa shape index (κ2) is 6.51. The Labute approximate surface area is 119 Å². The Hall–Kier alpha value is -1.89. The number of nitrogens with one attached hydrogen (secondary N) is 3. The molecule has 0 aliphatic carbocycles. The van der Waals surface area contributed by atoms with Gasteiger partial charge in [-0.05, 0) is 27.4 Å². The number of likely N-dealkylation sites (N-methyl/N-ethyl adjacent to an activating group) is 1. The van der Waals surface area contributed by atoms with Crippen LogP contribution in [0.3, 0.4) is 0 Å². The summed E-state index contributed by atoms with van der Waals surface area (Å²) in [5.41, 5.74) is 0.748. The summed E-state index contributed by atoms with van der Waals surface area (Å²) < 4.78 is 0. The van der Waals surface area contributed by atoms with Gasteiger partial charge in [-0.2, -0.15) is 15.1 Å². The molecule has 2 heterocycles. The third kappa shape index (κ3) is 3.57. The number of aromatic amines is 1. The quantitative estimate of drug-likeness (QED) is 0.712. The van der Waals surface area contributed by atoms with Crippen molar-refractivity contribution in [2.75, 3.05) is 37.8 Å². The maximum absolute atomic E-state index is 4.55. The summed E-state index contributed by atoms with van der Waals surface area (Å²) in [4.78, 5) is 11.1. The molecule has 0 saturated carbocycles. The monoisotopic (exact) mass is 277 g/mol.